The van der Waals surface area contributed by atoms with E-state index in [1.54, 1.807) is 25.2 Å². The molecule has 0 aromatic heterocycles. The molecule has 0 aliphatic rings. The molecule has 0 saturated carbocycles. The Hall–Kier alpha value is -0.970. The molecule has 0 spiro atoms. The summed E-state index contributed by atoms with van der Waals surface area (Å²) < 4.78 is 28.1. The van der Waals surface area contributed by atoms with Gasteiger partial charge in [-0.3, -0.25) is 0 Å². The van der Waals surface area contributed by atoms with Gasteiger partial charge < -0.3 is 5.32 Å². The third-order valence-corrected chi connectivity index (χ3v) is 4.02. The Balaban J connectivity index is 2.53. The van der Waals surface area contributed by atoms with Crippen molar-refractivity contribution in [2.75, 3.05) is 7.05 Å². The molecule has 1 nitrogen and oxygen atoms in total. The van der Waals surface area contributed by atoms with Crippen molar-refractivity contribution in [3.05, 3.63) is 57.0 Å². The lowest BCUT2D eigenvalue weighted by Crippen LogP contribution is -2.07. The van der Waals surface area contributed by atoms with Crippen LogP contribution < -0.4 is 5.32 Å². The van der Waals surface area contributed by atoms with E-state index in [0.717, 1.165) is 0 Å². The second kappa shape index (κ2) is 5.99. The topological polar surface area (TPSA) is 12.0 Å². The van der Waals surface area contributed by atoms with Gasteiger partial charge in [0, 0.05) is 22.1 Å². The molecule has 2 aromatic rings. The van der Waals surface area contributed by atoms with Gasteiger partial charge in [0.1, 0.15) is 5.82 Å². The van der Waals surface area contributed by atoms with E-state index in [9.17, 15) is 8.78 Å². The first kappa shape index (κ1) is 14.4. The molecule has 100 valence electrons. The maximum atomic E-state index is 14.1. The molecule has 0 radical (unpaired) electrons. The first-order valence-electron chi connectivity index (χ1n) is 5.61. The number of hydrogen-bond acceptors (Lipinski definition) is 1. The van der Waals surface area contributed by atoms with E-state index in [1.807, 2.05) is 0 Å². The minimum atomic E-state index is -0.516. The summed E-state index contributed by atoms with van der Waals surface area (Å²) in [4.78, 5) is 0. The lowest BCUT2D eigenvalue weighted by atomic mass is 10.0. The van der Waals surface area contributed by atoms with Crippen LogP contribution in [0.3, 0.4) is 0 Å². The highest BCUT2D eigenvalue weighted by molar-refractivity contribution is 9.10. The standard InChI is InChI=1S/C14H11BrClF2N/c1-19-7-9-6-8(2-5-12(9)17)10-3-4-11(15)13(16)14(10)18/h2-6,19H,7H2,1H3. The van der Waals surface area contributed by atoms with Gasteiger partial charge in [0.05, 0.1) is 5.02 Å². The van der Waals surface area contributed by atoms with E-state index >= 15 is 0 Å². The Labute approximate surface area is 123 Å². The first-order valence-corrected chi connectivity index (χ1v) is 6.78. The molecule has 5 heteroatoms. The molecule has 19 heavy (non-hydrogen) atoms. The van der Waals surface area contributed by atoms with Crippen molar-refractivity contribution < 1.29 is 8.78 Å². The zero-order valence-corrected chi connectivity index (χ0v) is 12.4. The van der Waals surface area contributed by atoms with E-state index < -0.39 is 5.82 Å². The maximum Gasteiger partial charge on any atom is 0.150 e. The highest BCUT2D eigenvalue weighted by Crippen LogP contribution is 2.33. The van der Waals surface area contributed by atoms with Crippen LogP contribution in [0.4, 0.5) is 8.78 Å². The van der Waals surface area contributed by atoms with Gasteiger partial charge in [-0.05, 0) is 46.7 Å². The van der Waals surface area contributed by atoms with Crippen molar-refractivity contribution >= 4 is 27.5 Å². The third kappa shape index (κ3) is 2.96. The highest BCUT2D eigenvalue weighted by atomic mass is 79.9. The molecule has 0 bridgehead atoms. The molecular formula is C14H11BrClF2N. The molecule has 0 aliphatic carbocycles. The second-order valence-corrected chi connectivity index (χ2v) is 5.29. The van der Waals surface area contributed by atoms with Crippen molar-refractivity contribution in [3.8, 4) is 11.1 Å². The molecular weight excluding hydrogens is 336 g/mol. The predicted octanol–water partition coefficient (Wildman–Crippen LogP) is 4.77. The summed E-state index contributed by atoms with van der Waals surface area (Å²) in [5.74, 6) is -0.834. The zero-order valence-electron chi connectivity index (χ0n) is 10.1. The molecule has 2 aromatic carbocycles. The average molecular weight is 347 g/mol. The summed E-state index contributed by atoms with van der Waals surface area (Å²) in [5.41, 5.74) is 1.43. The second-order valence-electron chi connectivity index (χ2n) is 4.06. The van der Waals surface area contributed by atoms with Crippen molar-refractivity contribution in [3.63, 3.8) is 0 Å². The molecule has 0 atom stereocenters. The first-order chi connectivity index (χ1) is 9.04. The molecule has 0 heterocycles. The van der Waals surface area contributed by atoms with E-state index in [4.69, 9.17) is 11.6 Å². The number of hydrogen-bond donors (Lipinski definition) is 1. The maximum absolute atomic E-state index is 14.1. The fourth-order valence-electron chi connectivity index (χ4n) is 1.82. The molecule has 0 saturated heterocycles. The Morgan fingerprint density at radius 1 is 1.21 bits per heavy atom. The van der Waals surface area contributed by atoms with Gasteiger partial charge in [0.15, 0.2) is 5.82 Å². The van der Waals surface area contributed by atoms with Crippen molar-refractivity contribution in [1.29, 1.82) is 0 Å². The fourth-order valence-corrected chi connectivity index (χ4v) is 2.29. The summed E-state index contributed by atoms with van der Waals surface area (Å²) in [7, 11) is 1.73. The van der Waals surface area contributed by atoms with Gasteiger partial charge >= 0.3 is 0 Å². The summed E-state index contributed by atoms with van der Waals surface area (Å²) >= 11 is 9.02. The normalized spacial score (nSPS) is 10.8. The Bertz CT molecular complexity index is 617. The largest absolute Gasteiger partial charge is 0.316 e. The van der Waals surface area contributed by atoms with Crippen LogP contribution in [0.5, 0.6) is 0 Å². The summed E-state index contributed by atoms with van der Waals surface area (Å²) in [5, 5.41) is 2.90. The van der Waals surface area contributed by atoms with Gasteiger partial charge in [0.25, 0.3) is 0 Å². The van der Waals surface area contributed by atoms with Crippen molar-refractivity contribution in [1.82, 2.24) is 5.32 Å². The predicted molar refractivity (Wildman–Crippen MR) is 77.3 cm³/mol. The summed E-state index contributed by atoms with van der Waals surface area (Å²) in [6.07, 6.45) is 0. The smallest absolute Gasteiger partial charge is 0.150 e. The van der Waals surface area contributed by atoms with Crippen LogP contribution in [-0.4, -0.2) is 7.05 Å². The van der Waals surface area contributed by atoms with Gasteiger partial charge in [-0.15, -0.1) is 0 Å². The minimum absolute atomic E-state index is 0.0250. The van der Waals surface area contributed by atoms with E-state index in [2.05, 4.69) is 21.2 Å². The quantitative estimate of drug-likeness (QED) is 0.790. The van der Waals surface area contributed by atoms with Crippen LogP contribution in [0.1, 0.15) is 5.56 Å². The van der Waals surface area contributed by atoms with Crippen molar-refractivity contribution in [2.24, 2.45) is 0 Å². The highest BCUT2D eigenvalue weighted by Gasteiger charge is 2.13. The monoisotopic (exact) mass is 345 g/mol. The fraction of sp³-hybridized carbons (Fsp3) is 0.143. The van der Waals surface area contributed by atoms with Crippen LogP contribution >= 0.6 is 27.5 Å². The van der Waals surface area contributed by atoms with Crippen LogP contribution in [-0.2, 0) is 6.54 Å². The third-order valence-electron chi connectivity index (χ3n) is 2.76. The number of halogens is 4. The van der Waals surface area contributed by atoms with Gasteiger partial charge in [-0.1, -0.05) is 23.7 Å². The molecule has 0 aliphatic heterocycles. The Kier molecular flexibility index (Phi) is 4.55. The van der Waals surface area contributed by atoms with Gasteiger partial charge in [0.2, 0.25) is 0 Å². The molecule has 1 N–H and O–H groups in total. The average Bonchev–Trinajstić information content (AvgIpc) is 2.39. The van der Waals surface area contributed by atoms with E-state index in [0.29, 0.717) is 27.7 Å². The van der Waals surface area contributed by atoms with Gasteiger partial charge in [-0.25, -0.2) is 8.78 Å². The van der Waals surface area contributed by atoms with Crippen LogP contribution in [0.15, 0.2) is 34.8 Å². The summed E-state index contributed by atoms with van der Waals surface area (Å²) in [6, 6.07) is 7.77. The van der Waals surface area contributed by atoms with Crippen LogP contribution in [0, 0.1) is 11.6 Å². The van der Waals surface area contributed by atoms with Gasteiger partial charge in [-0.2, -0.15) is 0 Å². The zero-order chi connectivity index (χ0) is 14.0. The van der Waals surface area contributed by atoms with E-state index in [1.165, 1.54) is 12.1 Å². The lowest BCUT2D eigenvalue weighted by Gasteiger charge is -2.09. The minimum Gasteiger partial charge on any atom is -0.316 e. The molecule has 2 rings (SSSR count). The van der Waals surface area contributed by atoms with Crippen molar-refractivity contribution in [2.45, 2.75) is 6.54 Å². The Morgan fingerprint density at radius 3 is 2.63 bits per heavy atom. The molecule has 0 unspecified atom stereocenters. The summed E-state index contributed by atoms with van der Waals surface area (Å²) in [6.45, 7) is 0.381. The number of nitrogens with one attached hydrogen (secondary N) is 1. The van der Waals surface area contributed by atoms with Crippen LogP contribution in [0.2, 0.25) is 5.02 Å². The molecule has 0 fully saturated rings. The Morgan fingerprint density at radius 2 is 1.95 bits per heavy atom. The van der Waals surface area contributed by atoms with Crippen LogP contribution in [0.25, 0.3) is 11.1 Å². The molecule has 0 amide bonds. The SMILES string of the molecule is CNCc1cc(-c2ccc(Br)c(Cl)c2F)ccc1F. The van der Waals surface area contributed by atoms with E-state index in [-0.39, 0.29) is 10.8 Å². The number of rotatable bonds is 3. The number of benzene rings is 2. The lowest BCUT2D eigenvalue weighted by molar-refractivity contribution is 0.600.